The van der Waals surface area contributed by atoms with Crippen LogP contribution in [-0.2, 0) is 17.8 Å². The molecule has 2 aromatic rings. The molecule has 124 valence electrons. The van der Waals surface area contributed by atoms with Gasteiger partial charge in [0.15, 0.2) is 5.96 Å². The van der Waals surface area contributed by atoms with Crippen LogP contribution >= 0.6 is 11.3 Å². The second-order valence-corrected chi connectivity index (χ2v) is 6.34. The zero-order valence-electron chi connectivity index (χ0n) is 13.7. The maximum Gasteiger partial charge on any atom is 0.341 e. The smallest absolute Gasteiger partial charge is 0.341 e. The van der Waals surface area contributed by atoms with Crippen LogP contribution in [0.1, 0.15) is 31.6 Å². The first-order valence-electron chi connectivity index (χ1n) is 7.21. The highest BCUT2D eigenvalue weighted by Gasteiger charge is 2.15. The molecule has 0 saturated heterocycles. The quantitative estimate of drug-likeness (QED) is 0.499. The lowest BCUT2D eigenvalue weighted by molar-refractivity contribution is 0.0599. The average Bonchev–Trinajstić information content (AvgIpc) is 3.12. The number of aryl methyl sites for hydroxylation is 2. The van der Waals surface area contributed by atoms with Gasteiger partial charge in [0, 0.05) is 16.8 Å². The highest BCUT2D eigenvalue weighted by atomic mass is 32.1. The summed E-state index contributed by atoms with van der Waals surface area (Å²) in [7, 11) is 3.06. The van der Waals surface area contributed by atoms with Crippen LogP contribution < -0.4 is 10.6 Å². The molecular weight excluding hydrogens is 314 g/mol. The summed E-state index contributed by atoms with van der Waals surface area (Å²) in [6.45, 7) is 4.96. The first-order valence-corrected chi connectivity index (χ1v) is 8.02. The van der Waals surface area contributed by atoms with E-state index in [1.165, 1.54) is 16.9 Å². The van der Waals surface area contributed by atoms with Crippen molar-refractivity contribution in [3.63, 3.8) is 0 Å². The van der Waals surface area contributed by atoms with Gasteiger partial charge in [-0.05, 0) is 32.0 Å². The van der Waals surface area contributed by atoms with Crippen LogP contribution in [0.5, 0.6) is 0 Å². The number of furan rings is 1. The highest BCUT2D eigenvalue weighted by molar-refractivity contribution is 7.11. The van der Waals surface area contributed by atoms with Crippen molar-refractivity contribution in [2.75, 3.05) is 14.2 Å². The molecule has 0 spiro atoms. The fraction of sp³-hybridized carbons (Fsp3) is 0.375. The molecule has 0 unspecified atom stereocenters. The van der Waals surface area contributed by atoms with Gasteiger partial charge in [0.1, 0.15) is 17.1 Å². The third-order valence-corrected chi connectivity index (χ3v) is 4.25. The highest BCUT2D eigenvalue weighted by Crippen LogP contribution is 2.16. The number of nitrogens with zero attached hydrogens (tertiary/aromatic N) is 1. The van der Waals surface area contributed by atoms with Gasteiger partial charge in [-0.3, -0.25) is 4.99 Å². The Balaban J connectivity index is 1.89. The van der Waals surface area contributed by atoms with Gasteiger partial charge in [-0.15, -0.1) is 11.3 Å². The Morgan fingerprint density at radius 3 is 2.65 bits per heavy atom. The molecule has 2 aromatic heterocycles. The normalized spacial score (nSPS) is 11.4. The van der Waals surface area contributed by atoms with Gasteiger partial charge in [0.2, 0.25) is 0 Å². The van der Waals surface area contributed by atoms with E-state index in [4.69, 9.17) is 9.15 Å². The van der Waals surface area contributed by atoms with Crippen molar-refractivity contribution in [3.8, 4) is 0 Å². The first-order chi connectivity index (χ1) is 11.0. The molecule has 0 aliphatic heterocycles. The van der Waals surface area contributed by atoms with Crippen LogP contribution in [0, 0.1) is 13.8 Å². The van der Waals surface area contributed by atoms with E-state index in [0.717, 1.165) is 0 Å². The minimum Gasteiger partial charge on any atom is -0.465 e. The van der Waals surface area contributed by atoms with E-state index >= 15 is 0 Å². The summed E-state index contributed by atoms with van der Waals surface area (Å²) >= 11 is 1.75. The number of rotatable bonds is 5. The van der Waals surface area contributed by atoms with Crippen LogP contribution in [0.3, 0.4) is 0 Å². The maximum atomic E-state index is 11.6. The van der Waals surface area contributed by atoms with Crippen LogP contribution in [0.15, 0.2) is 27.6 Å². The molecule has 0 saturated carbocycles. The van der Waals surface area contributed by atoms with Crippen molar-refractivity contribution in [2.45, 2.75) is 26.9 Å². The summed E-state index contributed by atoms with van der Waals surface area (Å²) < 4.78 is 10.3. The molecule has 2 heterocycles. The van der Waals surface area contributed by atoms with Crippen molar-refractivity contribution in [3.05, 3.63) is 45.0 Å². The fourth-order valence-corrected chi connectivity index (χ4v) is 2.92. The van der Waals surface area contributed by atoms with Gasteiger partial charge in [-0.25, -0.2) is 4.79 Å². The first kappa shape index (κ1) is 17.1. The molecule has 23 heavy (non-hydrogen) atoms. The predicted octanol–water partition coefficient (Wildman–Crippen LogP) is 2.61. The van der Waals surface area contributed by atoms with E-state index in [9.17, 15) is 4.79 Å². The van der Waals surface area contributed by atoms with Gasteiger partial charge >= 0.3 is 5.97 Å². The third kappa shape index (κ3) is 4.59. The molecule has 6 nitrogen and oxygen atoms in total. The van der Waals surface area contributed by atoms with E-state index in [1.54, 1.807) is 31.4 Å². The Hall–Kier alpha value is -2.28. The number of carbonyl (C=O) groups is 1. The third-order valence-electron chi connectivity index (χ3n) is 3.25. The Labute approximate surface area is 139 Å². The van der Waals surface area contributed by atoms with Crippen LogP contribution in [-0.4, -0.2) is 26.1 Å². The molecule has 0 aromatic carbocycles. The molecule has 0 aliphatic carbocycles. The number of nitrogens with one attached hydrogen (secondary N) is 2. The van der Waals surface area contributed by atoms with Crippen molar-refractivity contribution < 1.29 is 13.9 Å². The molecule has 2 rings (SSSR count). The number of esters is 1. The SMILES string of the molecule is CN=C(NCc1cc(C(=O)OC)c(C)o1)NCc1ccc(C)s1. The minimum atomic E-state index is -0.395. The van der Waals surface area contributed by atoms with Gasteiger partial charge in [0.25, 0.3) is 0 Å². The largest absolute Gasteiger partial charge is 0.465 e. The number of ether oxygens (including phenoxy) is 1. The molecule has 0 radical (unpaired) electrons. The predicted molar refractivity (Wildman–Crippen MR) is 90.9 cm³/mol. The monoisotopic (exact) mass is 335 g/mol. The summed E-state index contributed by atoms with van der Waals surface area (Å²) in [5.74, 6) is 1.47. The van der Waals surface area contributed by atoms with E-state index in [-0.39, 0.29) is 0 Å². The second-order valence-electron chi connectivity index (χ2n) is 4.97. The Kier molecular flexibility index (Phi) is 5.81. The number of aliphatic imine (C=N–C) groups is 1. The van der Waals surface area contributed by atoms with Crippen LogP contribution in [0.4, 0.5) is 0 Å². The number of methoxy groups -OCH3 is 1. The van der Waals surface area contributed by atoms with Gasteiger partial charge in [-0.1, -0.05) is 0 Å². The summed E-state index contributed by atoms with van der Waals surface area (Å²) in [4.78, 5) is 18.3. The fourth-order valence-electron chi connectivity index (χ4n) is 2.09. The Bertz CT molecular complexity index is 703. The molecule has 0 fully saturated rings. The second kappa shape index (κ2) is 7.82. The van der Waals surface area contributed by atoms with Gasteiger partial charge in [-0.2, -0.15) is 0 Å². The lowest BCUT2D eigenvalue weighted by Gasteiger charge is -2.09. The summed E-state index contributed by atoms with van der Waals surface area (Å²) in [6.07, 6.45) is 0. The summed E-state index contributed by atoms with van der Waals surface area (Å²) in [6, 6.07) is 5.88. The number of carbonyl (C=O) groups excluding carboxylic acids is 1. The molecule has 7 heteroatoms. The van der Waals surface area contributed by atoms with Crippen molar-refractivity contribution in [2.24, 2.45) is 4.99 Å². The Morgan fingerprint density at radius 1 is 1.30 bits per heavy atom. The standard InChI is InChI=1S/C16H21N3O3S/c1-10-5-6-13(23-10)9-19-16(17-3)18-8-12-7-14(11(2)22-12)15(20)21-4/h5-7H,8-9H2,1-4H3,(H2,17,18,19). The summed E-state index contributed by atoms with van der Waals surface area (Å²) in [5, 5.41) is 6.40. The van der Waals surface area contributed by atoms with Gasteiger partial charge < -0.3 is 19.8 Å². The zero-order valence-corrected chi connectivity index (χ0v) is 14.5. The lowest BCUT2D eigenvalue weighted by Crippen LogP contribution is -2.36. The molecule has 0 amide bonds. The van der Waals surface area contributed by atoms with Crippen molar-refractivity contribution in [1.29, 1.82) is 0 Å². The van der Waals surface area contributed by atoms with Crippen molar-refractivity contribution in [1.82, 2.24) is 10.6 Å². The topological polar surface area (TPSA) is 75.9 Å². The van der Waals surface area contributed by atoms with E-state index in [0.29, 0.717) is 36.1 Å². The Morgan fingerprint density at radius 2 is 2.04 bits per heavy atom. The number of hydrogen-bond acceptors (Lipinski definition) is 5. The molecule has 0 atom stereocenters. The van der Waals surface area contributed by atoms with Crippen LogP contribution in [0.2, 0.25) is 0 Å². The molecule has 2 N–H and O–H groups in total. The number of guanidine groups is 1. The van der Waals surface area contributed by atoms with Crippen molar-refractivity contribution >= 4 is 23.3 Å². The van der Waals surface area contributed by atoms with Gasteiger partial charge in [0.05, 0.1) is 20.2 Å². The average molecular weight is 335 g/mol. The number of hydrogen-bond donors (Lipinski definition) is 2. The zero-order chi connectivity index (χ0) is 16.8. The minimum absolute atomic E-state index is 0.395. The van der Waals surface area contributed by atoms with E-state index in [1.807, 2.05) is 0 Å². The number of thiophene rings is 1. The molecule has 0 aliphatic rings. The van der Waals surface area contributed by atoms with E-state index < -0.39 is 5.97 Å². The van der Waals surface area contributed by atoms with E-state index in [2.05, 4.69) is 34.7 Å². The summed E-state index contributed by atoms with van der Waals surface area (Å²) in [5.41, 5.74) is 0.446. The lowest BCUT2D eigenvalue weighted by atomic mass is 10.2. The molecule has 0 bridgehead atoms. The maximum absolute atomic E-state index is 11.6. The molecular formula is C16H21N3O3S. The van der Waals surface area contributed by atoms with Crippen LogP contribution in [0.25, 0.3) is 0 Å².